The molecule has 0 saturated heterocycles. The van der Waals surface area contributed by atoms with Crippen LogP contribution in [-0.4, -0.2) is 19.3 Å². The van der Waals surface area contributed by atoms with Crippen LogP contribution in [0.5, 0.6) is 0 Å². The van der Waals surface area contributed by atoms with Crippen molar-refractivity contribution in [2.75, 3.05) is 7.11 Å². The van der Waals surface area contributed by atoms with Crippen LogP contribution in [0.2, 0.25) is 0 Å². The Morgan fingerprint density at radius 1 is 1.53 bits per heavy atom. The molecule has 84 valence electrons. The zero-order valence-corrected chi connectivity index (χ0v) is 7.67. The summed E-state index contributed by atoms with van der Waals surface area (Å²) in [7, 11) is 0.818. The third-order valence-corrected chi connectivity index (χ3v) is 1.86. The largest absolute Gasteiger partial charge is 0.467 e. The maximum Gasteiger partial charge on any atom is 0.424 e. The van der Waals surface area contributed by atoms with E-state index in [4.69, 9.17) is 5.73 Å². The van der Waals surface area contributed by atoms with Gasteiger partial charge in [-0.2, -0.15) is 13.2 Å². The molecule has 0 aliphatic carbocycles. The van der Waals surface area contributed by atoms with Crippen LogP contribution in [0.3, 0.4) is 0 Å². The van der Waals surface area contributed by atoms with Crippen LogP contribution in [0.4, 0.5) is 13.2 Å². The Morgan fingerprint density at radius 2 is 2.13 bits per heavy atom. The van der Waals surface area contributed by atoms with Gasteiger partial charge in [0, 0.05) is 0 Å². The predicted octanol–water partition coefficient (Wildman–Crippen LogP) is 1.17. The van der Waals surface area contributed by atoms with E-state index in [0.29, 0.717) is 0 Å². The molecular formula is C8H8F3NO3. The van der Waals surface area contributed by atoms with E-state index in [9.17, 15) is 18.0 Å². The lowest BCUT2D eigenvalue weighted by atomic mass is 9.97. The third kappa shape index (κ3) is 1.70. The van der Waals surface area contributed by atoms with Crippen molar-refractivity contribution < 1.29 is 27.1 Å². The minimum absolute atomic E-state index is 0.707. The molecule has 0 amide bonds. The molecule has 2 N–H and O–H groups in total. The second-order valence-electron chi connectivity index (χ2n) is 2.77. The number of halogens is 3. The Hall–Kier alpha value is -1.50. The van der Waals surface area contributed by atoms with Crippen molar-refractivity contribution in [1.29, 1.82) is 0 Å². The molecule has 7 heteroatoms. The van der Waals surface area contributed by atoms with Gasteiger partial charge < -0.3 is 14.9 Å². The average Bonchev–Trinajstić information content (AvgIpc) is 2.66. The molecule has 0 aliphatic rings. The number of methoxy groups -OCH3 is 1. The summed E-state index contributed by atoms with van der Waals surface area (Å²) in [6.07, 6.45) is -4.00. The van der Waals surface area contributed by atoms with E-state index >= 15 is 0 Å². The molecular weight excluding hydrogens is 215 g/mol. The van der Waals surface area contributed by atoms with Crippen LogP contribution >= 0.6 is 0 Å². The van der Waals surface area contributed by atoms with E-state index in [2.05, 4.69) is 9.15 Å². The fraction of sp³-hybridized carbons (Fsp3) is 0.375. The van der Waals surface area contributed by atoms with Gasteiger partial charge in [0.05, 0.1) is 13.4 Å². The van der Waals surface area contributed by atoms with Crippen molar-refractivity contribution in [2.45, 2.75) is 11.7 Å². The molecule has 0 fully saturated rings. The molecule has 1 aromatic heterocycles. The van der Waals surface area contributed by atoms with Crippen molar-refractivity contribution in [2.24, 2.45) is 5.73 Å². The van der Waals surface area contributed by atoms with E-state index in [-0.39, 0.29) is 0 Å². The first kappa shape index (κ1) is 11.6. The van der Waals surface area contributed by atoms with Crippen LogP contribution in [0, 0.1) is 0 Å². The van der Waals surface area contributed by atoms with Crippen LogP contribution < -0.4 is 5.73 Å². The maximum absolute atomic E-state index is 12.6. The van der Waals surface area contributed by atoms with Gasteiger partial charge >= 0.3 is 12.1 Å². The van der Waals surface area contributed by atoms with Crippen LogP contribution in [0.1, 0.15) is 5.76 Å². The van der Waals surface area contributed by atoms with Gasteiger partial charge in [0.2, 0.25) is 0 Å². The summed E-state index contributed by atoms with van der Waals surface area (Å²) in [5.74, 6) is -2.33. The van der Waals surface area contributed by atoms with Gasteiger partial charge in [-0.05, 0) is 12.1 Å². The van der Waals surface area contributed by atoms with E-state index in [1.807, 2.05) is 0 Å². The average molecular weight is 223 g/mol. The van der Waals surface area contributed by atoms with E-state index in [0.717, 1.165) is 19.4 Å². The van der Waals surface area contributed by atoms with Crippen molar-refractivity contribution in [3.8, 4) is 0 Å². The zero-order chi connectivity index (χ0) is 11.7. The highest BCUT2D eigenvalue weighted by molar-refractivity contribution is 5.82. The summed E-state index contributed by atoms with van der Waals surface area (Å²) in [5.41, 5.74) is 1.74. The Bertz CT molecular complexity index is 347. The van der Waals surface area contributed by atoms with Gasteiger partial charge in [-0.3, -0.25) is 0 Å². The number of carbonyl (C=O) groups is 1. The fourth-order valence-electron chi connectivity index (χ4n) is 1.02. The van der Waals surface area contributed by atoms with Crippen LogP contribution in [0.25, 0.3) is 0 Å². The van der Waals surface area contributed by atoms with Crippen LogP contribution in [0.15, 0.2) is 22.8 Å². The number of furan rings is 1. The molecule has 1 atom stereocenters. The summed E-state index contributed by atoms with van der Waals surface area (Å²) in [5, 5.41) is 0. The number of hydrogen-bond donors (Lipinski definition) is 1. The van der Waals surface area contributed by atoms with Crippen molar-refractivity contribution in [3.63, 3.8) is 0 Å². The number of carbonyl (C=O) groups excluding carboxylic acids is 1. The number of ether oxygens (including phenoxy) is 1. The van der Waals surface area contributed by atoms with E-state index < -0.39 is 23.4 Å². The minimum Gasteiger partial charge on any atom is -0.467 e. The highest BCUT2D eigenvalue weighted by Gasteiger charge is 2.62. The number of hydrogen-bond acceptors (Lipinski definition) is 4. The Balaban J connectivity index is 3.26. The summed E-state index contributed by atoms with van der Waals surface area (Å²) in [6.45, 7) is 0. The molecule has 0 aromatic carbocycles. The second-order valence-corrected chi connectivity index (χ2v) is 2.77. The van der Waals surface area contributed by atoms with E-state index in [1.54, 1.807) is 0 Å². The number of rotatable bonds is 2. The highest BCUT2D eigenvalue weighted by Crippen LogP contribution is 2.37. The SMILES string of the molecule is COC(=O)[C@@](N)(c1ccco1)C(F)(F)F. The van der Waals surface area contributed by atoms with Gasteiger partial charge in [-0.1, -0.05) is 0 Å². The van der Waals surface area contributed by atoms with Gasteiger partial charge in [0.1, 0.15) is 5.76 Å². The molecule has 0 bridgehead atoms. The first-order valence-corrected chi connectivity index (χ1v) is 3.82. The second kappa shape index (κ2) is 3.58. The molecule has 0 saturated carbocycles. The lowest BCUT2D eigenvalue weighted by Crippen LogP contribution is -2.56. The fourth-order valence-corrected chi connectivity index (χ4v) is 1.02. The Morgan fingerprint density at radius 3 is 2.47 bits per heavy atom. The summed E-state index contributed by atoms with van der Waals surface area (Å²) >= 11 is 0. The normalized spacial score (nSPS) is 15.8. The maximum atomic E-state index is 12.6. The topological polar surface area (TPSA) is 65.5 Å². The molecule has 1 aromatic rings. The lowest BCUT2D eigenvalue weighted by Gasteiger charge is -2.26. The van der Waals surface area contributed by atoms with Crippen molar-refractivity contribution in [3.05, 3.63) is 24.2 Å². The molecule has 0 unspecified atom stereocenters. The van der Waals surface area contributed by atoms with Crippen molar-refractivity contribution >= 4 is 5.97 Å². The summed E-state index contributed by atoms with van der Waals surface area (Å²) in [6, 6.07) is 2.16. The zero-order valence-electron chi connectivity index (χ0n) is 7.67. The first-order chi connectivity index (χ1) is 6.84. The molecule has 4 nitrogen and oxygen atoms in total. The van der Waals surface area contributed by atoms with Crippen LogP contribution in [-0.2, 0) is 15.1 Å². The third-order valence-electron chi connectivity index (χ3n) is 1.86. The highest BCUT2D eigenvalue weighted by atomic mass is 19.4. The quantitative estimate of drug-likeness (QED) is 0.764. The summed E-state index contributed by atoms with van der Waals surface area (Å²) in [4.78, 5) is 11.1. The number of nitrogens with two attached hydrogens (primary N) is 1. The smallest absolute Gasteiger partial charge is 0.424 e. The molecule has 15 heavy (non-hydrogen) atoms. The van der Waals surface area contributed by atoms with Gasteiger partial charge in [0.25, 0.3) is 5.54 Å². The molecule has 0 aliphatic heterocycles. The molecule has 0 spiro atoms. The molecule has 0 radical (unpaired) electrons. The monoisotopic (exact) mass is 223 g/mol. The van der Waals surface area contributed by atoms with Gasteiger partial charge in [-0.25, -0.2) is 4.79 Å². The Labute approximate surface area is 82.8 Å². The Kier molecular flexibility index (Phi) is 2.76. The number of alkyl halides is 3. The predicted molar refractivity (Wildman–Crippen MR) is 42.6 cm³/mol. The standard InChI is InChI=1S/C8H8F3NO3/c1-14-6(13)7(12,8(9,10)11)5-3-2-4-15-5/h2-4H,12H2,1H3/t7-/m0/s1. The lowest BCUT2D eigenvalue weighted by molar-refractivity contribution is -0.210. The van der Waals surface area contributed by atoms with Gasteiger partial charge in [-0.15, -0.1) is 0 Å². The first-order valence-electron chi connectivity index (χ1n) is 3.82. The molecule has 1 heterocycles. The molecule has 1 rings (SSSR count). The number of esters is 1. The summed E-state index contributed by atoms with van der Waals surface area (Å²) < 4.78 is 46.4. The van der Waals surface area contributed by atoms with E-state index in [1.165, 1.54) is 6.07 Å². The van der Waals surface area contributed by atoms with Crippen molar-refractivity contribution in [1.82, 2.24) is 0 Å². The van der Waals surface area contributed by atoms with Gasteiger partial charge in [0.15, 0.2) is 0 Å². The minimum atomic E-state index is -4.99.